The third-order valence-electron chi connectivity index (χ3n) is 8.98. The maximum atomic E-state index is 10.7. The van der Waals surface area contributed by atoms with E-state index in [4.69, 9.17) is 18.9 Å². The Hall–Kier alpha value is -1.26. The third kappa shape index (κ3) is 12.4. The molecule has 8 heteroatoms. The van der Waals surface area contributed by atoms with Crippen molar-refractivity contribution in [3.8, 4) is 5.75 Å². The van der Waals surface area contributed by atoms with Crippen molar-refractivity contribution in [1.29, 1.82) is 0 Å². The zero-order valence-corrected chi connectivity index (χ0v) is 26.1. The summed E-state index contributed by atoms with van der Waals surface area (Å²) in [4.78, 5) is 0. The fourth-order valence-electron chi connectivity index (χ4n) is 6.20. The molecule has 8 atom stereocenters. The zero-order valence-electron chi connectivity index (χ0n) is 26.1. The average molecular weight is 595 g/mol. The summed E-state index contributed by atoms with van der Waals surface area (Å²) in [6.45, 7) is 3.12. The number of aliphatic hydroxyl groups is 4. The Morgan fingerprint density at radius 1 is 0.643 bits per heavy atom. The normalized spacial score (nSPS) is 25.4. The van der Waals surface area contributed by atoms with Gasteiger partial charge in [-0.1, -0.05) is 70.4 Å². The Bertz CT molecular complexity index is 820. The SMILES string of the molecule is CCCCCCCCCC[C@H](O)[C@H]1CC[C@@H]([C@@H](O)CC[C@H](O)[C@@H]2CC[C@H]([C@H](O)CCOCc3ccc(OC)cc3)O2)O1. The van der Waals surface area contributed by atoms with Gasteiger partial charge in [-0.05, 0) is 69.1 Å². The van der Waals surface area contributed by atoms with Gasteiger partial charge in [0.1, 0.15) is 5.75 Å². The van der Waals surface area contributed by atoms with Gasteiger partial charge in [0, 0.05) is 6.61 Å². The molecule has 42 heavy (non-hydrogen) atoms. The topological polar surface area (TPSA) is 118 Å². The van der Waals surface area contributed by atoms with E-state index >= 15 is 0 Å². The second-order valence-electron chi connectivity index (χ2n) is 12.4. The maximum absolute atomic E-state index is 10.7. The van der Waals surface area contributed by atoms with E-state index in [-0.39, 0.29) is 24.4 Å². The van der Waals surface area contributed by atoms with Gasteiger partial charge in [0.15, 0.2) is 0 Å². The van der Waals surface area contributed by atoms with E-state index < -0.39 is 24.4 Å². The van der Waals surface area contributed by atoms with Gasteiger partial charge in [0.25, 0.3) is 0 Å². The molecule has 2 heterocycles. The number of hydrogen-bond donors (Lipinski definition) is 4. The van der Waals surface area contributed by atoms with Crippen LogP contribution < -0.4 is 4.74 Å². The molecule has 2 saturated heterocycles. The van der Waals surface area contributed by atoms with Gasteiger partial charge in [0.2, 0.25) is 0 Å². The molecule has 0 spiro atoms. The Balaban J connectivity index is 1.23. The minimum atomic E-state index is -0.701. The van der Waals surface area contributed by atoms with Crippen molar-refractivity contribution in [3.05, 3.63) is 29.8 Å². The summed E-state index contributed by atoms with van der Waals surface area (Å²) in [6, 6.07) is 7.70. The van der Waals surface area contributed by atoms with Crippen molar-refractivity contribution in [2.24, 2.45) is 0 Å². The maximum Gasteiger partial charge on any atom is 0.118 e. The van der Waals surface area contributed by atoms with Crippen molar-refractivity contribution in [2.75, 3.05) is 13.7 Å². The Kier molecular flexibility index (Phi) is 16.7. The van der Waals surface area contributed by atoms with Gasteiger partial charge in [-0.15, -0.1) is 0 Å². The molecule has 2 aliphatic heterocycles. The monoisotopic (exact) mass is 594 g/mol. The first-order chi connectivity index (χ1) is 20.4. The summed E-state index contributed by atoms with van der Waals surface area (Å²) in [6.07, 6.45) is 11.1. The minimum Gasteiger partial charge on any atom is -0.497 e. The molecular weight excluding hydrogens is 536 g/mol. The molecule has 0 amide bonds. The van der Waals surface area contributed by atoms with Gasteiger partial charge >= 0.3 is 0 Å². The molecule has 0 radical (unpaired) electrons. The lowest BCUT2D eigenvalue weighted by Gasteiger charge is -2.25. The first-order valence-electron chi connectivity index (χ1n) is 16.6. The van der Waals surface area contributed by atoms with E-state index in [1.165, 1.54) is 38.5 Å². The predicted molar refractivity (Wildman–Crippen MR) is 164 cm³/mol. The van der Waals surface area contributed by atoms with Gasteiger partial charge in [0.05, 0.1) is 62.5 Å². The van der Waals surface area contributed by atoms with Crippen molar-refractivity contribution in [1.82, 2.24) is 0 Å². The number of unbranched alkanes of at least 4 members (excludes halogenated alkanes) is 7. The lowest BCUT2D eigenvalue weighted by Crippen LogP contribution is -2.34. The van der Waals surface area contributed by atoms with Crippen LogP contribution in [0.25, 0.3) is 0 Å². The second-order valence-corrected chi connectivity index (χ2v) is 12.4. The Morgan fingerprint density at radius 3 is 1.60 bits per heavy atom. The van der Waals surface area contributed by atoms with E-state index in [0.717, 1.165) is 43.4 Å². The highest BCUT2D eigenvalue weighted by molar-refractivity contribution is 5.26. The van der Waals surface area contributed by atoms with E-state index in [1.54, 1.807) is 7.11 Å². The summed E-state index contributed by atoms with van der Waals surface area (Å²) in [5.41, 5.74) is 1.04. The Morgan fingerprint density at radius 2 is 1.10 bits per heavy atom. The summed E-state index contributed by atoms with van der Waals surface area (Å²) in [5.74, 6) is 0.804. The number of aliphatic hydroxyl groups excluding tert-OH is 4. The highest BCUT2D eigenvalue weighted by Crippen LogP contribution is 2.30. The molecule has 2 aliphatic rings. The molecule has 0 saturated carbocycles. The molecule has 0 unspecified atom stereocenters. The minimum absolute atomic E-state index is 0.209. The fourth-order valence-corrected chi connectivity index (χ4v) is 6.20. The summed E-state index contributed by atoms with van der Waals surface area (Å²) >= 11 is 0. The van der Waals surface area contributed by atoms with Crippen molar-refractivity contribution in [2.45, 2.75) is 165 Å². The second kappa shape index (κ2) is 19.9. The highest BCUT2D eigenvalue weighted by atomic mass is 16.5. The zero-order chi connectivity index (χ0) is 30.2. The van der Waals surface area contributed by atoms with Crippen LogP contribution in [0.1, 0.15) is 115 Å². The van der Waals surface area contributed by atoms with Crippen LogP contribution in [0, 0.1) is 0 Å². The molecule has 0 aromatic heterocycles. The molecule has 3 rings (SSSR count). The van der Waals surface area contributed by atoms with Crippen molar-refractivity contribution in [3.63, 3.8) is 0 Å². The van der Waals surface area contributed by atoms with Gasteiger partial charge in [-0.3, -0.25) is 0 Å². The molecule has 8 nitrogen and oxygen atoms in total. The van der Waals surface area contributed by atoms with Crippen LogP contribution in [0.15, 0.2) is 24.3 Å². The summed E-state index contributed by atoms with van der Waals surface area (Å²) in [7, 11) is 1.64. The van der Waals surface area contributed by atoms with Crippen LogP contribution in [-0.4, -0.2) is 83.0 Å². The van der Waals surface area contributed by atoms with E-state index in [0.29, 0.717) is 45.3 Å². The summed E-state index contributed by atoms with van der Waals surface area (Å²) < 4.78 is 22.9. The standard InChI is InChI=1S/C34H58O8/c1-3-4-5-6-7-8-9-10-11-27(35)31-18-19-32(41-31)28(36)16-17-29(37)33-20-21-34(42-33)30(38)22-23-40-24-25-12-14-26(39-2)15-13-25/h12-15,27-38H,3-11,16-24H2,1-2H3/t27-,28-,29-,30+,31+,32-,33-,34+/m0/s1. The molecule has 4 N–H and O–H groups in total. The first-order valence-corrected chi connectivity index (χ1v) is 16.6. The summed E-state index contributed by atoms with van der Waals surface area (Å²) in [5, 5.41) is 42.6. The highest BCUT2D eigenvalue weighted by Gasteiger charge is 2.37. The number of rotatable bonds is 22. The van der Waals surface area contributed by atoms with Crippen LogP contribution in [0.2, 0.25) is 0 Å². The molecular formula is C34H58O8. The number of ether oxygens (including phenoxy) is 4. The smallest absolute Gasteiger partial charge is 0.118 e. The largest absolute Gasteiger partial charge is 0.497 e. The molecule has 1 aromatic carbocycles. The molecule has 2 fully saturated rings. The third-order valence-corrected chi connectivity index (χ3v) is 8.98. The lowest BCUT2D eigenvalue weighted by atomic mass is 9.98. The van der Waals surface area contributed by atoms with Crippen LogP contribution in [0.4, 0.5) is 0 Å². The van der Waals surface area contributed by atoms with Crippen molar-refractivity contribution < 1.29 is 39.4 Å². The molecule has 0 bridgehead atoms. The van der Waals surface area contributed by atoms with Crippen LogP contribution in [-0.2, 0) is 20.8 Å². The Labute approximate surface area is 253 Å². The lowest BCUT2D eigenvalue weighted by molar-refractivity contribution is -0.0944. The quantitative estimate of drug-likeness (QED) is 0.131. The fraction of sp³-hybridized carbons (Fsp3) is 0.824. The van der Waals surface area contributed by atoms with E-state index in [2.05, 4.69) is 6.92 Å². The van der Waals surface area contributed by atoms with Crippen LogP contribution >= 0.6 is 0 Å². The van der Waals surface area contributed by atoms with Gasteiger partial charge < -0.3 is 39.4 Å². The van der Waals surface area contributed by atoms with E-state index in [1.807, 2.05) is 24.3 Å². The van der Waals surface area contributed by atoms with Crippen LogP contribution in [0.5, 0.6) is 5.75 Å². The first kappa shape index (κ1) is 35.2. The van der Waals surface area contributed by atoms with Crippen molar-refractivity contribution >= 4 is 0 Å². The average Bonchev–Trinajstić information content (AvgIpc) is 3.71. The molecule has 242 valence electrons. The number of hydrogen-bond acceptors (Lipinski definition) is 8. The van der Waals surface area contributed by atoms with E-state index in [9.17, 15) is 20.4 Å². The molecule has 1 aromatic rings. The predicted octanol–water partition coefficient (Wildman–Crippen LogP) is 5.45. The van der Waals surface area contributed by atoms with Crippen LogP contribution in [0.3, 0.4) is 0 Å². The van der Waals surface area contributed by atoms with Gasteiger partial charge in [-0.25, -0.2) is 0 Å². The molecule has 0 aliphatic carbocycles. The number of methoxy groups -OCH3 is 1. The van der Waals surface area contributed by atoms with Gasteiger partial charge in [-0.2, -0.15) is 0 Å². The number of benzene rings is 1.